The molecule has 6 N–H and O–H groups in total. The Morgan fingerprint density at radius 1 is 0.548 bits per heavy atom. The van der Waals surface area contributed by atoms with E-state index in [1.54, 1.807) is 24.3 Å². The van der Waals surface area contributed by atoms with Crippen LogP contribution in [0.5, 0.6) is 11.5 Å². The predicted octanol–water partition coefficient (Wildman–Crippen LogP) is 4.94. The molecule has 2 aromatic rings. The van der Waals surface area contributed by atoms with Gasteiger partial charge >= 0.3 is 0 Å². The highest BCUT2D eigenvalue weighted by Crippen LogP contribution is 2.41. The summed E-state index contributed by atoms with van der Waals surface area (Å²) in [4.78, 5) is 25.4. The number of hydrogen-bond acceptors (Lipinski definition) is 6. The molecular weight excluding hydrogens is 532 g/mol. The van der Waals surface area contributed by atoms with E-state index in [0.29, 0.717) is 33.4 Å². The number of hydrogen-bond donors (Lipinski definition) is 6. The molecule has 234 valence electrons. The van der Waals surface area contributed by atoms with Crippen LogP contribution in [0.25, 0.3) is 0 Å². The SMILES string of the molecule is CC(C)(C)c1cc(CC(O)C(=O)NNC(=O)C(O)Cc2cc(C(C)(C)C)c(O)c(C(C)(C)C)c2)cc(C(C)(C)C)c1O. The average Bonchev–Trinajstić information content (AvgIpc) is 2.81. The van der Waals surface area contributed by atoms with E-state index in [1.807, 2.05) is 83.1 Å². The summed E-state index contributed by atoms with van der Waals surface area (Å²) in [6.45, 7) is 23.8. The first-order chi connectivity index (χ1) is 18.8. The van der Waals surface area contributed by atoms with Gasteiger partial charge < -0.3 is 20.4 Å². The van der Waals surface area contributed by atoms with Crippen LogP contribution < -0.4 is 10.9 Å². The summed E-state index contributed by atoms with van der Waals surface area (Å²) in [6, 6.07) is 7.16. The van der Waals surface area contributed by atoms with E-state index >= 15 is 0 Å². The minimum absolute atomic E-state index is 0.0324. The molecule has 8 heteroatoms. The topological polar surface area (TPSA) is 139 Å². The Balaban J connectivity index is 2.16. The van der Waals surface area contributed by atoms with E-state index < -0.39 is 24.0 Å². The molecule has 2 rings (SSSR count). The van der Waals surface area contributed by atoms with Crippen LogP contribution in [0.15, 0.2) is 24.3 Å². The van der Waals surface area contributed by atoms with Crippen molar-refractivity contribution in [1.82, 2.24) is 10.9 Å². The van der Waals surface area contributed by atoms with Gasteiger partial charge in [-0.15, -0.1) is 0 Å². The second kappa shape index (κ2) is 12.3. The van der Waals surface area contributed by atoms with Crippen LogP contribution in [-0.4, -0.2) is 44.4 Å². The maximum atomic E-state index is 12.7. The predicted molar refractivity (Wildman–Crippen MR) is 167 cm³/mol. The normalized spacial score (nSPS) is 14.3. The molecule has 0 saturated heterocycles. The molecule has 0 fully saturated rings. The first kappa shape index (κ1) is 35.1. The van der Waals surface area contributed by atoms with Crippen LogP contribution in [0, 0.1) is 0 Å². The highest BCUT2D eigenvalue weighted by molar-refractivity contribution is 5.86. The quantitative estimate of drug-likeness (QED) is 0.266. The highest BCUT2D eigenvalue weighted by atomic mass is 16.3. The molecule has 0 radical (unpaired) electrons. The third-order valence-electron chi connectivity index (χ3n) is 7.34. The van der Waals surface area contributed by atoms with Gasteiger partial charge in [0.25, 0.3) is 11.8 Å². The van der Waals surface area contributed by atoms with Gasteiger partial charge in [0.2, 0.25) is 0 Å². The van der Waals surface area contributed by atoms with Crippen molar-refractivity contribution in [3.05, 3.63) is 57.6 Å². The summed E-state index contributed by atoms with van der Waals surface area (Å²) in [5, 5.41) is 43.1. The second-order valence-electron chi connectivity index (χ2n) is 15.5. The number of phenols is 2. The molecule has 8 nitrogen and oxygen atoms in total. The Kier molecular flexibility index (Phi) is 10.2. The van der Waals surface area contributed by atoms with Gasteiger partial charge in [-0.2, -0.15) is 0 Å². The zero-order chi connectivity index (χ0) is 32.6. The lowest BCUT2D eigenvalue weighted by molar-refractivity contribution is -0.137. The van der Waals surface area contributed by atoms with Crippen LogP contribution in [0.2, 0.25) is 0 Å². The third-order valence-corrected chi connectivity index (χ3v) is 7.34. The Morgan fingerprint density at radius 3 is 0.952 bits per heavy atom. The van der Waals surface area contributed by atoms with Crippen LogP contribution >= 0.6 is 0 Å². The molecule has 0 bridgehead atoms. The van der Waals surface area contributed by atoms with Gasteiger partial charge in [-0.05, 0) is 55.0 Å². The van der Waals surface area contributed by atoms with Crippen molar-refractivity contribution in [2.24, 2.45) is 0 Å². The molecule has 42 heavy (non-hydrogen) atoms. The zero-order valence-electron chi connectivity index (χ0n) is 27.5. The number of nitrogens with one attached hydrogen (secondary N) is 2. The Morgan fingerprint density at radius 2 is 0.762 bits per heavy atom. The van der Waals surface area contributed by atoms with E-state index in [1.165, 1.54) is 0 Å². The fourth-order valence-electron chi connectivity index (χ4n) is 4.83. The number of carbonyl (C=O) groups excluding carboxylic acids is 2. The van der Waals surface area contributed by atoms with Gasteiger partial charge in [-0.3, -0.25) is 20.4 Å². The fraction of sp³-hybridized carbons (Fsp3) is 0.588. The van der Waals surface area contributed by atoms with Gasteiger partial charge in [0.05, 0.1) is 0 Å². The molecule has 0 aromatic heterocycles. The maximum absolute atomic E-state index is 12.7. The molecular formula is C34H52N2O6. The summed E-state index contributed by atoms with van der Waals surface area (Å²) in [6.07, 6.45) is -3.02. The van der Waals surface area contributed by atoms with Crippen molar-refractivity contribution >= 4 is 11.8 Å². The number of aliphatic hydroxyl groups is 2. The molecule has 2 amide bonds. The number of phenolic OH excluding ortho intramolecular Hbond substituents is 2. The Bertz CT molecular complexity index is 1130. The lowest BCUT2D eigenvalue weighted by atomic mass is 9.78. The van der Waals surface area contributed by atoms with E-state index in [2.05, 4.69) is 10.9 Å². The maximum Gasteiger partial charge on any atom is 0.267 e. The smallest absolute Gasteiger partial charge is 0.267 e. The molecule has 0 spiro atoms. The average molecular weight is 585 g/mol. The van der Waals surface area contributed by atoms with Crippen molar-refractivity contribution in [1.29, 1.82) is 0 Å². The minimum Gasteiger partial charge on any atom is -0.507 e. The van der Waals surface area contributed by atoms with Crippen molar-refractivity contribution in [3.8, 4) is 11.5 Å². The number of carbonyl (C=O) groups is 2. The van der Waals surface area contributed by atoms with Crippen LogP contribution in [0.1, 0.15) is 116 Å². The number of benzene rings is 2. The molecule has 2 unspecified atom stereocenters. The second-order valence-corrected chi connectivity index (χ2v) is 15.5. The minimum atomic E-state index is -1.48. The van der Waals surface area contributed by atoms with E-state index in [0.717, 1.165) is 0 Å². The molecule has 0 aliphatic carbocycles. The number of aromatic hydroxyl groups is 2. The summed E-state index contributed by atoms with van der Waals surface area (Å²) in [5.74, 6) is -1.24. The van der Waals surface area contributed by atoms with E-state index in [-0.39, 0.29) is 46.0 Å². The molecule has 0 saturated carbocycles. The summed E-state index contributed by atoms with van der Waals surface area (Å²) >= 11 is 0. The molecule has 2 aromatic carbocycles. The first-order valence-corrected chi connectivity index (χ1v) is 14.5. The van der Waals surface area contributed by atoms with Crippen LogP contribution in [0.3, 0.4) is 0 Å². The lowest BCUT2D eigenvalue weighted by Crippen LogP contribution is -2.50. The van der Waals surface area contributed by atoms with Gasteiger partial charge in [0, 0.05) is 12.8 Å². The molecule has 0 aliphatic heterocycles. The Hall–Kier alpha value is -3.10. The van der Waals surface area contributed by atoms with Crippen LogP contribution in [-0.2, 0) is 44.1 Å². The lowest BCUT2D eigenvalue weighted by Gasteiger charge is -2.28. The monoisotopic (exact) mass is 584 g/mol. The highest BCUT2D eigenvalue weighted by Gasteiger charge is 2.29. The van der Waals surface area contributed by atoms with Crippen molar-refractivity contribution in [3.63, 3.8) is 0 Å². The van der Waals surface area contributed by atoms with Gasteiger partial charge in [-0.1, -0.05) is 107 Å². The number of hydrazine groups is 1. The fourth-order valence-corrected chi connectivity index (χ4v) is 4.83. The summed E-state index contributed by atoms with van der Waals surface area (Å²) in [5.41, 5.74) is 7.18. The number of amides is 2. The summed E-state index contributed by atoms with van der Waals surface area (Å²) < 4.78 is 0. The third kappa shape index (κ3) is 8.71. The molecule has 2 atom stereocenters. The van der Waals surface area contributed by atoms with Gasteiger partial charge in [0.1, 0.15) is 23.7 Å². The van der Waals surface area contributed by atoms with Gasteiger partial charge in [0.15, 0.2) is 0 Å². The number of aliphatic hydroxyl groups excluding tert-OH is 2. The standard InChI is InChI=1S/C34H52N2O6/c1-31(2,3)21-13-19(14-22(27(21)39)32(4,5)6)17-25(37)29(41)35-36-30(42)26(38)18-20-15-23(33(7,8)9)28(40)24(16-20)34(10,11)12/h13-16,25-26,37-40H,17-18H2,1-12H3,(H,35,41)(H,36,42). The summed E-state index contributed by atoms with van der Waals surface area (Å²) in [7, 11) is 0. The van der Waals surface area contributed by atoms with Gasteiger partial charge in [-0.25, -0.2) is 0 Å². The molecule has 0 heterocycles. The first-order valence-electron chi connectivity index (χ1n) is 14.5. The molecule has 0 aliphatic rings. The Labute approximate surface area is 251 Å². The van der Waals surface area contributed by atoms with E-state index in [9.17, 15) is 30.0 Å². The van der Waals surface area contributed by atoms with Crippen molar-refractivity contribution < 1.29 is 30.0 Å². The van der Waals surface area contributed by atoms with Crippen molar-refractivity contribution in [2.75, 3.05) is 0 Å². The zero-order valence-corrected chi connectivity index (χ0v) is 27.5. The van der Waals surface area contributed by atoms with E-state index in [4.69, 9.17) is 0 Å². The van der Waals surface area contributed by atoms with Crippen LogP contribution in [0.4, 0.5) is 0 Å². The van der Waals surface area contributed by atoms with Crippen molar-refractivity contribution in [2.45, 2.75) is 130 Å². The largest absolute Gasteiger partial charge is 0.507 e. The number of rotatable bonds is 6.